The first-order valence-corrected chi connectivity index (χ1v) is 13.7. The minimum absolute atomic E-state index is 0.198. The lowest BCUT2D eigenvalue weighted by Gasteiger charge is -2.35. The summed E-state index contributed by atoms with van der Waals surface area (Å²) in [5, 5.41) is 2.31. The molecular weight excluding hydrogens is 625 g/mol. The zero-order valence-corrected chi connectivity index (χ0v) is 23.2. The zero-order chi connectivity index (χ0) is 27.7. The Bertz CT molecular complexity index is 1290. The molecule has 12 heteroatoms. The number of piperidine rings is 1. The maximum absolute atomic E-state index is 13.3. The molecule has 2 aromatic rings. The summed E-state index contributed by atoms with van der Waals surface area (Å²) in [5.41, 5.74) is 3.21. The number of benzene rings is 2. The molecule has 1 unspecified atom stereocenters. The van der Waals surface area contributed by atoms with E-state index in [1.54, 1.807) is 18.2 Å². The largest absolute Gasteiger partial charge is 0.489 e. The van der Waals surface area contributed by atoms with Crippen molar-refractivity contribution in [1.82, 2.24) is 20.0 Å². The van der Waals surface area contributed by atoms with Gasteiger partial charge in [0.05, 0.1) is 6.54 Å². The van der Waals surface area contributed by atoms with E-state index in [9.17, 15) is 28.0 Å². The first-order chi connectivity index (χ1) is 18.6. The van der Waals surface area contributed by atoms with Gasteiger partial charge in [-0.3, -0.25) is 29.4 Å². The van der Waals surface area contributed by atoms with Gasteiger partial charge in [-0.1, -0.05) is 30.3 Å². The smallest absolute Gasteiger partial charge is 0.372 e. The van der Waals surface area contributed by atoms with Crippen molar-refractivity contribution in [2.45, 2.75) is 42.5 Å². The Morgan fingerprint density at radius 2 is 1.72 bits per heavy atom. The van der Waals surface area contributed by atoms with E-state index in [2.05, 4.69) is 10.2 Å². The number of nitrogens with one attached hydrogen (secondary N) is 1. The minimum atomic E-state index is -3.37. The maximum atomic E-state index is 13.3. The molecule has 39 heavy (non-hydrogen) atoms. The summed E-state index contributed by atoms with van der Waals surface area (Å²) in [6.07, 6.45) is 0.498. The maximum Gasteiger partial charge on any atom is 0.372 e. The van der Waals surface area contributed by atoms with Crippen LogP contribution in [0.15, 0.2) is 42.5 Å². The van der Waals surface area contributed by atoms with Gasteiger partial charge < -0.3 is 14.5 Å². The van der Waals surface area contributed by atoms with Crippen LogP contribution >= 0.6 is 22.6 Å². The Labute approximate surface area is 237 Å². The average molecular weight is 652 g/mol. The summed E-state index contributed by atoms with van der Waals surface area (Å²) in [6.45, 7) is 2.77. The van der Waals surface area contributed by atoms with E-state index < -0.39 is 21.8 Å². The van der Waals surface area contributed by atoms with Crippen molar-refractivity contribution in [1.29, 1.82) is 0 Å². The molecule has 1 atom stereocenters. The Morgan fingerprint density at radius 1 is 1.03 bits per heavy atom. The Hall–Kier alpha value is -3.13. The highest BCUT2D eigenvalue weighted by atomic mass is 127. The number of halogens is 3. The molecule has 0 aromatic heterocycles. The van der Waals surface area contributed by atoms with Gasteiger partial charge in [-0.25, -0.2) is 0 Å². The van der Waals surface area contributed by atoms with Gasteiger partial charge in [-0.2, -0.15) is 8.78 Å². The van der Waals surface area contributed by atoms with Crippen molar-refractivity contribution in [3.63, 3.8) is 0 Å². The molecule has 2 fully saturated rings. The molecule has 0 radical (unpaired) electrons. The van der Waals surface area contributed by atoms with Crippen LogP contribution in [0.25, 0.3) is 0 Å². The van der Waals surface area contributed by atoms with Gasteiger partial charge in [0, 0.05) is 72.9 Å². The second kappa shape index (κ2) is 11.2. The minimum Gasteiger partial charge on any atom is -0.489 e. The molecule has 9 nitrogen and oxygen atoms in total. The van der Waals surface area contributed by atoms with Gasteiger partial charge in [-0.15, -0.1) is 0 Å². The number of piperazine rings is 1. The molecule has 3 aliphatic rings. The lowest BCUT2D eigenvalue weighted by Crippen LogP contribution is -2.52. The summed E-state index contributed by atoms with van der Waals surface area (Å²) in [7, 11) is 0. The molecule has 2 saturated heterocycles. The Morgan fingerprint density at radius 3 is 2.38 bits per heavy atom. The Balaban J connectivity index is 1.15. The number of fused-ring (bicyclic) bond motifs is 1. The predicted molar refractivity (Wildman–Crippen MR) is 144 cm³/mol. The van der Waals surface area contributed by atoms with Gasteiger partial charge >= 0.3 is 9.84 Å². The quantitative estimate of drug-likeness (QED) is 0.281. The third-order valence-corrected chi connectivity index (χ3v) is 7.73. The summed E-state index contributed by atoms with van der Waals surface area (Å²) < 4.78 is 29.3. The van der Waals surface area contributed by atoms with Crippen LogP contribution in [0.3, 0.4) is 0 Å². The highest BCUT2D eigenvalue weighted by molar-refractivity contribution is 14.1. The number of hydrogen-bond acceptors (Lipinski definition) is 6. The van der Waals surface area contributed by atoms with Crippen LogP contribution in [0, 0.1) is 0 Å². The van der Waals surface area contributed by atoms with Crippen molar-refractivity contribution < 1.29 is 32.7 Å². The van der Waals surface area contributed by atoms with E-state index in [4.69, 9.17) is 4.74 Å². The molecule has 206 valence electrons. The molecular formula is C27H27F2IN4O5. The van der Waals surface area contributed by atoms with Crippen LogP contribution in [-0.2, 0) is 34.1 Å². The fraction of sp³-hybridized carbons (Fsp3) is 0.407. The molecule has 3 heterocycles. The molecule has 5 rings (SSSR count). The molecule has 4 amide bonds. The van der Waals surface area contributed by atoms with Crippen LogP contribution in [-0.4, -0.2) is 74.5 Å². The van der Waals surface area contributed by atoms with Gasteiger partial charge in [0.1, 0.15) is 18.4 Å². The van der Waals surface area contributed by atoms with Crippen LogP contribution in [0.1, 0.15) is 39.9 Å². The normalized spacial score (nSPS) is 20.2. The van der Waals surface area contributed by atoms with Crippen LogP contribution in [0.5, 0.6) is 5.75 Å². The molecule has 3 aliphatic heterocycles. The van der Waals surface area contributed by atoms with Crippen molar-refractivity contribution in [2.75, 3.05) is 26.2 Å². The molecule has 0 bridgehead atoms. The van der Waals surface area contributed by atoms with Crippen LogP contribution < -0.4 is 10.1 Å². The van der Waals surface area contributed by atoms with Gasteiger partial charge in [0.2, 0.25) is 11.8 Å². The van der Waals surface area contributed by atoms with Gasteiger partial charge in [0.15, 0.2) is 0 Å². The van der Waals surface area contributed by atoms with E-state index in [1.165, 1.54) is 9.80 Å². The van der Waals surface area contributed by atoms with Crippen molar-refractivity contribution in [3.8, 4) is 5.75 Å². The fourth-order valence-corrected chi connectivity index (χ4v) is 5.48. The van der Waals surface area contributed by atoms with E-state index in [0.717, 1.165) is 39.3 Å². The first-order valence-electron chi connectivity index (χ1n) is 12.7. The van der Waals surface area contributed by atoms with Crippen LogP contribution in [0.2, 0.25) is 0 Å². The molecule has 1 N–H and O–H groups in total. The summed E-state index contributed by atoms with van der Waals surface area (Å²) in [6, 6.07) is 12.5. The number of alkyl halides is 3. The molecule has 2 aromatic carbocycles. The molecule has 0 saturated carbocycles. The van der Waals surface area contributed by atoms with Crippen molar-refractivity contribution >= 4 is 46.2 Å². The molecule has 0 spiro atoms. The molecule has 0 aliphatic carbocycles. The SMILES string of the molecule is O=C1CCC(N2Cc3c(OCc4ccc(CN5CCN(C(=O)C(F)(F)I)CC5)cc4)cccc3C2=O)C(=O)N1. The van der Waals surface area contributed by atoms with Crippen molar-refractivity contribution in [3.05, 3.63) is 64.7 Å². The van der Waals surface area contributed by atoms with E-state index in [0.29, 0.717) is 37.4 Å². The number of carbonyl (C=O) groups excluding carboxylic acids is 4. The predicted octanol–water partition coefficient (Wildman–Crippen LogP) is 2.70. The second-order valence-electron chi connectivity index (χ2n) is 9.85. The Kier molecular flexibility index (Phi) is 7.85. The van der Waals surface area contributed by atoms with Crippen LogP contribution in [0.4, 0.5) is 8.78 Å². The number of nitrogens with zero attached hydrogens (tertiary/aromatic N) is 3. The summed E-state index contributed by atoms with van der Waals surface area (Å²) in [5.74, 6) is -1.59. The second-order valence-corrected chi connectivity index (χ2v) is 11.2. The third-order valence-electron chi connectivity index (χ3n) is 7.26. The standard InChI is InChI=1S/C27H27F2IN4O5/c28-27(29,30)26(38)33-12-10-32(11-13-33)14-17-4-6-18(7-5-17)16-39-22-3-1-2-19-20(22)15-34(25(19)37)21-8-9-23(35)31-24(21)36/h1-7,21H,8-16H2,(H,31,35,36). The first kappa shape index (κ1) is 27.4. The summed E-state index contributed by atoms with van der Waals surface area (Å²) in [4.78, 5) is 53.4. The number of rotatable bonds is 7. The topological polar surface area (TPSA) is 99.3 Å². The zero-order valence-electron chi connectivity index (χ0n) is 21.0. The highest BCUT2D eigenvalue weighted by Crippen LogP contribution is 2.34. The fourth-order valence-electron chi connectivity index (χ4n) is 5.14. The number of hydrogen-bond donors (Lipinski definition) is 1. The number of imide groups is 1. The monoisotopic (exact) mass is 652 g/mol. The van der Waals surface area contributed by atoms with Gasteiger partial charge in [0.25, 0.3) is 5.91 Å². The highest BCUT2D eigenvalue weighted by Gasteiger charge is 2.41. The van der Waals surface area contributed by atoms with E-state index >= 15 is 0 Å². The number of amides is 4. The lowest BCUT2D eigenvalue weighted by atomic mass is 10.0. The van der Waals surface area contributed by atoms with E-state index in [1.807, 2.05) is 24.3 Å². The van der Waals surface area contributed by atoms with E-state index in [-0.39, 0.29) is 44.5 Å². The average Bonchev–Trinajstić information content (AvgIpc) is 3.24. The third kappa shape index (κ3) is 6.06. The number of carbonyl (C=O) groups is 4. The lowest BCUT2D eigenvalue weighted by molar-refractivity contribution is -0.146. The van der Waals surface area contributed by atoms with Crippen molar-refractivity contribution in [2.24, 2.45) is 0 Å². The van der Waals surface area contributed by atoms with Gasteiger partial charge in [-0.05, 0) is 29.7 Å². The number of ether oxygens (including phenoxy) is 1. The summed E-state index contributed by atoms with van der Waals surface area (Å²) >= 11 is 0.873.